The Morgan fingerprint density at radius 1 is 1.64 bits per heavy atom. The largest absolute Gasteiger partial charge is 1.00 e. The normalized spacial score (nSPS) is 15.2. The Labute approximate surface area is 116 Å². The molecule has 1 N–H and O–H groups in total. The second-order valence-corrected chi connectivity index (χ2v) is 5.74. The molecule has 1 unspecified atom stereocenters. The van der Waals surface area contributed by atoms with Gasteiger partial charge in [0.25, 0.3) is 0 Å². The van der Waals surface area contributed by atoms with Crippen LogP contribution in [0.1, 0.15) is 21.7 Å². The molecule has 0 radical (unpaired) electrons. The van der Waals surface area contributed by atoms with E-state index < -0.39 is 6.80 Å². The molecule has 0 fully saturated rings. The summed E-state index contributed by atoms with van der Waals surface area (Å²) in [5.74, 6) is 0.674. The molecule has 1 atom stereocenters. The minimum absolute atomic E-state index is 0. The predicted molar refractivity (Wildman–Crippen MR) is 45.3 cm³/mol. The molecular weight excluding hydrogens is 210 g/mol. The molecule has 6 heteroatoms. The van der Waals surface area contributed by atoms with Gasteiger partial charge in [-0.1, -0.05) is 6.92 Å². The van der Waals surface area contributed by atoms with Crippen molar-refractivity contribution in [2.24, 2.45) is 0 Å². The molecule has 0 saturated carbocycles. The molecule has 64 valence electrons. The molecule has 0 spiro atoms. The summed E-state index contributed by atoms with van der Waals surface area (Å²) in [5, 5.41) is 0. The minimum Gasteiger partial charge on any atom is -1.00 e. The van der Waals surface area contributed by atoms with Gasteiger partial charge < -0.3 is 10.8 Å². The van der Waals surface area contributed by atoms with Gasteiger partial charge in [0, 0.05) is 5.75 Å². The van der Waals surface area contributed by atoms with Gasteiger partial charge in [0.2, 0.25) is 0 Å². The van der Waals surface area contributed by atoms with Crippen LogP contribution in [0.25, 0.3) is 0 Å². The quantitative estimate of drug-likeness (QED) is 0.499. The molecule has 0 aromatic rings. The minimum atomic E-state index is -3.29. The first-order valence-corrected chi connectivity index (χ1v) is 6.41. The van der Waals surface area contributed by atoms with E-state index in [1.54, 1.807) is 6.92 Å². The molecule has 0 aliphatic carbocycles. The van der Waals surface area contributed by atoms with Crippen LogP contribution in [0.15, 0.2) is 0 Å². The van der Waals surface area contributed by atoms with E-state index in [2.05, 4.69) is 4.52 Å². The van der Waals surface area contributed by atoms with Gasteiger partial charge in [0.05, 0.1) is 6.61 Å². The topological polar surface area (TPSA) is 46.5 Å². The third-order valence-corrected chi connectivity index (χ3v) is 4.10. The Morgan fingerprint density at radius 2 is 2.18 bits per heavy atom. The SMILES string of the molecule is CCCSP(=O)(O)OCC.[H-].[K+]. The Balaban J connectivity index is -0.000000405. The van der Waals surface area contributed by atoms with Gasteiger partial charge in [-0.15, -0.1) is 0 Å². The van der Waals surface area contributed by atoms with Crippen LogP contribution in [-0.4, -0.2) is 17.3 Å². The smallest absolute Gasteiger partial charge is 1.00 e. The van der Waals surface area contributed by atoms with Crippen molar-refractivity contribution in [1.29, 1.82) is 0 Å². The molecule has 0 saturated heterocycles. The Hall–Kier alpha value is 2.14. The molecule has 0 aromatic heterocycles. The molecule has 0 aliphatic heterocycles. The van der Waals surface area contributed by atoms with Crippen LogP contribution in [0.5, 0.6) is 0 Å². The van der Waals surface area contributed by atoms with Crippen molar-refractivity contribution in [3.63, 3.8) is 0 Å². The third kappa shape index (κ3) is 10.1. The fraction of sp³-hybridized carbons (Fsp3) is 1.00. The fourth-order valence-corrected chi connectivity index (χ4v) is 3.00. The third-order valence-electron chi connectivity index (χ3n) is 0.751. The van der Waals surface area contributed by atoms with Crippen LogP contribution >= 0.6 is 18.2 Å². The van der Waals surface area contributed by atoms with Crippen molar-refractivity contribution >= 4 is 18.2 Å². The van der Waals surface area contributed by atoms with Gasteiger partial charge in [-0.25, -0.2) is 4.57 Å². The summed E-state index contributed by atoms with van der Waals surface area (Å²) in [5.41, 5.74) is 0. The zero-order valence-corrected chi connectivity index (χ0v) is 12.1. The molecule has 0 heterocycles. The molecule has 3 nitrogen and oxygen atoms in total. The summed E-state index contributed by atoms with van der Waals surface area (Å²) in [7, 11) is 0. The number of hydrogen-bond acceptors (Lipinski definition) is 3. The first-order valence-electron chi connectivity index (χ1n) is 3.24. The summed E-state index contributed by atoms with van der Waals surface area (Å²) >= 11 is 0.992. The maximum atomic E-state index is 10.9. The van der Waals surface area contributed by atoms with Crippen LogP contribution in [0.2, 0.25) is 0 Å². The van der Waals surface area contributed by atoms with Gasteiger partial charge >= 0.3 is 58.2 Å². The van der Waals surface area contributed by atoms with Crippen molar-refractivity contribution in [1.82, 2.24) is 0 Å². The van der Waals surface area contributed by atoms with Crippen LogP contribution in [0, 0.1) is 0 Å². The van der Waals surface area contributed by atoms with Gasteiger partial charge in [0.1, 0.15) is 0 Å². The maximum absolute atomic E-state index is 10.9. The summed E-state index contributed by atoms with van der Waals surface area (Å²) in [6.45, 7) is 0.665. The van der Waals surface area contributed by atoms with E-state index in [4.69, 9.17) is 4.89 Å². The van der Waals surface area contributed by atoms with Gasteiger partial charge in [-0.3, -0.25) is 0 Å². The predicted octanol–water partition coefficient (Wildman–Crippen LogP) is -0.617. The van der Waals surface area contributed by atoms with Crippen molar-refractivity contribution < 1.29 is 66.8 Å². The average Bonchev–Trinajstić information content (AvgIpc) is 1.84. The summed E-state index contributed by atoms with van der Waals surface area (Å²) in [4.78, 5) is 8.94. The maximum Gasteiger partial charge on any atom is 1.00 e. The standard InChI is InChI=1S/C5H13O3PS.K.H/c1-3-5-10-9(6,7)8-4-2;;/h3-5H2,1-2H3,(H,6,7);;/q;+1;-1. The Kier molecular flexibility index (Phi) is 12.4. The Morgan fingerprint density at radius 3 is 2.55 bits per heavy atom. The van der Waals surface area contributed by atoms with Crippen LogP contribution < -0.4 is 51.4 Å². The van der Waals surface area contributed by atoms with E-state index in [0.29, 0.717) is 12.4 Å². The molecule has 0 aromatic carbocycles. The summed E-state index contributed by atoms with van der Waals surface area (Å²) in [6, 6.07) is 0. The first kappa shape index (κ1) is 15.6. The number of hydrogen-bond donors (Lipinski definition) is 1. The van der Waals surface area contributed by atoms with Crippen molar-refractivity contribution in [2.75, 3.05) is 12.4 Å². The zero-order chi connectivity index (χ0) is 8.04. The van der Waals surface area contributed by atoms with Crippen LogP contribution in [0.4, 0.5) is 0 Å². The zero-order valence-electron chi connectivity index (χ0n) is 8.24. The molecule has 0 bridgehead atoms. The Bertz CT molecular complexity index is 138. The van der Waals surface area contributed by atoms with Gasteiger partial charge in [-0.2, -0.15) is 0 Å². The molecule has 0 amide bonds. The van der Waals surface area contributed by atoms with Gasteiger partial charge in [0.15, 0.2) is 0 Å². The second kappa shape index (κ2) is 8.72. The molecule has 0 aliphatic rings. The van der Waals surface area contributed by atoms with Gasteiger partial charge in [-0.05, 0) is 24.7 Å². The summed E-state index contributed by atoms with van der Waals surface area (Å²) < 4.78 is 15.5. The van der Waals surface area contributed by atoms with Crippen molar-refractivity contribution in [3.05, 3.63) is 0 Å². The van der Waals surface area contributed by atoms with Crippen molar-refractivity contribution in [3.8, 4) is 0 Å². The fourth-order valence-electron chi connectivity index (χ4n) is 0.407. The van der Waals surface area contributed by atoms with E-state index in [1.807, 2.05) is 6.92 Å². The molecule has 0 rings (SSSR count). The van der Waals surface area contributed by atoms with Crippen molar-refractivity contribution in [2.45, 2.75) is 20.3 Å². The summed E-state index contributed by atoms with van der Waals surface area (Å²) in [6.07, 6.45) is 0.891. The number of rotatable bonds is 5. The van der Waals surface area contributed by atoms with Crippen LogP contribution in [-0.2, 0) is 9.09 Å². The molecule has 11 heavy (non-hydrogen) atoms. The van der Waals surface area contributed by atoms with E-state index in [1.165, 1.54) is 0 Å². The molecular formula is C5H14KO3PS. The average molecular weight is 224 g/mol. The van der Waals surface area contributed by atoms with Crippen LogP contribution in [0.3, 0.4) is 0 Å². The van der Waals surface area contributed by atoms with E-state index in [-0.39, 0.29) is 52.8 Å². The monoisotopic (exact) mass is 224 g/mol. The van der Waals surface area contributed by atoms with E-state index in [9.17, 15) is 4.57 Å². The van der Waals surface area contributed by atoms with E-state index in [0.717, 1.165) is 17.8 Å². The second-order valence-electron chi connectivity index (χ2n) is 1.72. The first-order chi connectivity index (χ1) is 4.62. The van der Waals surface area contributed by atoms with E-state index >= 15 is 0 Å².